The van der Waals surface area contributed by atoms with Crippen molar-refractivity contribution in [3.8, 4) is 0 Å². The topological polar surface area (TPSA) is 92.2 Å². The molecule has 1 N–H and O–H groups in total. The van der Waals surface area contributed by atoms with Crippen molar-refractivity contribution in [2.24, 2.45) is 0 Å². The highest BCUT2D eigenvalue weighted by atomic mass is 16.5. The maximum Gasteiger partial charge on any atom is 0.253 e. The third-order valence-electron chi connectivity index (χ3n) is 6.99. The minimum Gasteiger partial charge on any atom is -0.383 e. The van der Waals surface area contributed by atoms with Crippen molar-refractivity contribution in [2.75, 3.05) is 44.8 Å². The van der Waals surface area contributed by atoms with E-state index < -0.39 is 0 Å². The second kappa shape index (κ2) is 9.97. The molecular weight excluding hydrogens is 442 g/mol. The first-order valence-electron chi connectivity index (χ1n) is 12.0. The molecule has 0 saturated carbocycles. The standard InChI is InChI=1S/C26H31N7O2/c1-18-9-10-20-17-22(26(34)27-23(20)19(18)2)24(25-28-29-30-33(25)15-16-35-3)32-13-11-31(12-14-32)21-7-5-4-6-8-21/h4-10,17,24H,11-16H2,1-3H3,(H,27,34)/t24-/m1/s1. The van der Waals surface area contributed by atoms with E-state index >= 15 is 0 Å². The van der Waals surface area contributed by atoms with Crippen LogP contribution in [0.5, 0.6) is 0 Å². The maximum absolute atomic E-state index is 13.5. The molecule has 4 aromatic rings. The summed E-state index contributed by atoms with van der Waals surface area (Å²) in [7, 11) is 1.66. The van der Waals surface area contributed by atoms with Crippen molar-refractivity contribution in [1.82, 2.24) is 30.1 Å². The number of ether oxygens (including phenoxy) is 1. The zero-order valence-electron chi connectivity index (χ0n) is 20.4. The molecule has 0 unspecified atom stereocenters. The first-order chi connectivity index (χ1) is 17.1. The Morgan fingerprint density at radius 1 is 1.06 bits per heavy atom. The second-order valence-electron chi connectivity index (χ2n) is 9.04. The van der Waals surface area contributed by atoms with E-state index in [9.17, 15) is 4.79 Å². The molecule has 0 radical (unpaired) electrons. The van der Waals surface area contributed by atoms with Crippen LogP contribution in [-0.4, -0.2) is 70.0 Å². The van der Waals surface area contributed by atoms with Gasteiger partial charge in [-0.15, -0.1) is 5.10 Å². The third kappa shape index (κ3) is 4.56. The van der Waals surface area contributed by atoms with Gasteiger partial charge in [0.05, 0.1) is 18.7 Å². The van der Waals surface area contributed by atoms with Crippen LogP contribution in [0.1, 0.15) is 28.6 Å². The number of aromatic nitrogens is 5. The van der Waals surface area contributed by atoms with Gasteiger partial charge in [-0.1, -0.05) is 30.3 Å². The highest BCUT2D eigenvalue weighted by Crippen LogP contribution is 2.29. The zero-order valence-corrected chi connectivity index (χ0v) is 20.4. The van der Waals surface area contributed by atoms with Gasteiger partial charge in [0.1, 0.15) is 6.04 Å². The van der Waals surface area contributed by atoms with Gasteiger partial charge in [0.15, 0.2) is 5.82 Å². The molecule has 9 nitrogen and oxygen atoms in total. The van der Waals surface area contributed by atoms with Crippen molar-refractivity contribution < 1.29 is 4.74 Å². The summed E-state index contributed by atoms with van der Waals surface area (Å²) < 4.78 is 7.02. The van der Waals surface area contributed by atoms with E-state index in [1.807, 2.05) is 19.1 Å². The molecule has 2 aromatic heterocycles. The molecule has 2 aromatic carbocycles. The zero-order chi connectivity index (χ0) is 24.4. The molecule has 1 aliphatic rings. The molecule has 3 heterocycles. The third-order valence-corrected chi connectivity index (χ3v) is 6.99. The van der Waals surface area contributed by atoms with Crippen molar-refractivity contribution in [3.05, 3.63) is 81.4 Å². The van der Waals surface area contributed by atoms with Gasteiger partial charge in [-0.25, -0.2) is 4.68 Å². The van der Waals surface area contributed by atoms with Crippen LogP contribution >= 0.6 is 0 Å². The summed E-state index contributed by atoms with van der Waals surface area (Å²) in [6, 6.07) is 16.2. The first-order valence-corrected chi connectivity index (χ1v) is 12.0. The lowest BCUT2D eigenvalue weighted by molar-refractivity contribution is 0.171. The van der Waals surface area contributed by atoms with E-state index in [0.29, 0.717) is 24.5 Å². The number of piperazine rings is 1. The van der Waals surface area contributed by atoms with Gasteiger partial charge in [-0.3, -0.25) is 9.69 Å². The van der Waals surface area contributed by atoms with E-state index in [-0.39, 0.29) is 11.6 Å². The average Bonchev–Trinajstić information content (AvgIpc) is 3.35. The predicted molar refractivity (Wildman–Crippen MR) is 136 cm³/mol. The fourth-order valence-electron chi connectivity index (χ4n) is 4.87. The van der Waals surface area contributed by atoms with Crippen LogP contribution in [0.15, 0.2) is 53.3 Å². The molecule has 9 heteroatoms. The van der Waals surface area contributed by atoms with Crippen LogP contribution < -0.4 is 10.5 Å². The smallest absolute Gasteiger partial charge is 0.253 e. The Labute approximate surface area is 204 Å². The molecule has 1 aliphatic heterocycles. The number of nitrogens with zero attached hydrogens (tertiary/aromatic N) is 6. The maximum atomic E-state index is 13.5. The van der Waals surface area contributed by atoms with Gasteiger partial charge in [-0.05, 0) is 59.0 Å². The molecule has 182 valence electrons. The van der Waals surface area contributed by atoms with Crippen molar-refractivity contribution in [1.29, 1.82) is 0 Å². The van der Waals surface area contributed by atoms with Crippen molar-refractivity contribution in [2.45, 2.75) is 26.4 Å². The lowest BCUT2D eigenvalue weighted by atomic mass is 9.99. The van der Waals surface area contributed by atoms with Gasteiger partial charge in [0, 0.05) is 44.5 Å². The Hall–Kier alpha value is -3.56. The number of fused-ring (bicyclic) bond motifs is 1. The normalized spacial score (nSPS) is 15.6. The fourth-order valence-corrected chi connectivity index (χ4v) is 4.87. The largest absolute Gasteiger partial charge is 0.383 e. The van der Waals surface area contributed by atoms with Crippen LogP contribution in [0.25, 0.3) is 10.9 Å². The Balaban J connectivity index is 1.54. The Morgan fingerprint density at radius 3 is 2.57 bits per heavy atom. The van der Waals surface area contributed by atoms with E-state index in [1.54, 1.807) is 11.8 Å². The number of pyridine rings is 1. The minimum atomic E-state index is -0.366. The number of para-hydroxylation sites is 1. The predicted octanol–water partition coefficient (Wildman–Crippen LogP) is 2.69. The number of anilines is 1. The number of methoxy groups -OCH3 is 1. The number of rotatable bonds is 7. The minimum absolute atomic E-state index is 0.108. The average molecular weight is 474 g/mol. The van der Waals surface area contributed by atoms with Crippen LogP contribution in [-0.2, 0) is 11.3 Å². The van der Waals surface area contributed by atoms with E-state index in [0.717, 1.165) is 48.2 Å². The van der Waals surface area contributed by atoms with Gasteiger partial charge >= 0.3 is 0 Å². The molecule has 1 fully saturated rings. The monoisotopic (exact) mass is 473 g/mol. The summed E-state index contributed by atoms with van der Waals surface area (Å²) in [5, 5.41) is 13.6. The molecule has 0 spiro atoms. The van der Waals surface area contributed by atoms with Gasteiger partial charge in [-0.2, -0.15) is 0 Å². The molecular formula is C26H31N7O2. The van der Waals surface area contributed by atoms with E-state index in [4.69, 9.17) is 4.74 Å². The Kier molecular flexibility index (Phi) is 6.61. The van der Waals surface area contributed by atoms with E-state index in [1.165, 1.54) is 5.69 Å². The van der Waals surface area contributed by atoms with Crippen LogP contribution in [0.4, 0.5) is 5.69 Å². The summed E-state index contributed by atoms with van der Waals surface area (Å²) in [6.07, 6.45) is 0. The van der Waals surface area contributed by atoms with Gasteiger partial charge in [0.2, 0.25) is 0 Å². The molecule has 0 bridgehead atoms. The molecule has 0 amide bonds. The number of tetrazole rings is 1. The number of benzene rings is 2. The van der Waals surface area contributed by atoms with Crippen molar-refractivity contribution >= 4 is 16.6 Å². The van der Waals surface area contributed by atoms with Crippen LogP contribution in [0, 0.1) is 13.8 Å². The summed E-state index contributed by atoms with van der Waals surface area (Å²) in [5.41, 5.74) is 4.88. The molecule has 35 heavy (non-hydrogen) atoms. The number of H-pyrrole nitrogens is 1. The molecule has 0 aliphatic carbocycles. The highest BCUT2D eigenvalue weighted by Gasteiger charge is 2.32. The lowest BCUT2D eigenvalue weighted by Gasteiger charge is -2.39. The summed E-state index contributed by atoms with van der Waals surface area (Å²) >= 11 is 0. The van der Waals surface area contributed by atoms with Gasteiger partial charge in [0.25, 0.3) is 5.56 Å². The van der Waals surface area contributed by atoms with Crippen LogP contribution in [0.3, 0.4) is 0 Å². The number of aromatic amines is 1. The lowest BCUT2D eigenvalue weighted by Crippen LogP contribution is -2.49. The quantitative estimate of drug-likeness (QED) is 0.441. The number of nitrogens with one attached hydrogen (secondary N) is 1. The fraction of sp³-hybridized carbons (Fsp3) is 0.385. The first kappa shape index (κ1) is 23.2. The van der Waals surface area contributed by atoms with Crippen molar-refractivity contribution in [3.63, 3.8) is 0 Å². The van der Waals surface area contributed by atoms with Gasteiger partial charge < -0.3 is 14.6 Å². The highest BCUT2D eigenvalue weighted by molar-refractivity contribution is 5.83. The van der Waals surface area contributed by atoms with Crippen LogP contribution in [0.2, 0.25) is 0 Å². The van der Waals surface area contributed by atoms with E-state index in [2.05, 4.69) is 73.6 Å². The second-order valence-corrected chi connectivity index (χ2v) is 9.04. The number of aryl methyl sites for hydroxylation is 2. The summed E-state index contributed by atoms with van der Waals surface area (Å²) in [5.74, 6) is 0.656. The molecule has 5 rings (SSSR count). The summed E-state index contributed by atoms with van der Waals surface area (Å²) in [6.45, 7) is 8.36. The molecule has 1 atom stereocenters. The molecule has 1 saturated heterocycles. The summed E-state index contributed by atoms with van der Waals surface area (Å²) in [4.78, 5) is 21.3. The Morgan fingerprint density at radius 2 is 1.83 bits per heavy atom. The SMILES string of the molecule is COCCn1nnnc1[C@@H](c1cc2ccc(C)c(C)c2[nH]c1=O)N1CCN(c2ccccc2)CC1. The number of hydrogen-bond acceptors (Lipinski definition) is 7. The number of hydrogen-bond donors (Lipinski definition) is 1. The Bertz CT molecular complexity index is 1360.